The van der Waals surface area contributed by atoms with Gasteiger partial charge in [-0.05, 0) is 66.8 Å². The van der Waals surface area contributed by atoms with Gasteiger partial charge < -0.3 is 9.84 Å². The van der Waals surface area contributed by atoms with E-state index in [1.165, 1.54) is 16.7 Å². The Morgan fingerprint density at radius 1 is 1.00 bits per heavy atom. The van der Waals surface area contributed by atoms with E-state index in [4.69, 9.17) is 9.84 Å². The Balaban J connectivity index is 1.69. The number of benzene rings is 2. The first kappa shape index (κ1) is 18.2. The molecule has 0 radical (unpaired) electrons. The van der Waals surface area contributed by atoms with Crippen LogP contribution in [-0.2, 0) is 17.8 Å². The molecular formula is C22H22O3S. The summed E-state index contributed by atoms with van der Waals surface area (Å²) in [5.74, 6) is 0.0742. The maximum atomic E-state index is 10.7. The van der Waals surface area contributed by atoms with Gasteiger partial charge in [-0.3, -0.25) is 4.79 Å². The van der Waals surface area contributed by atoms with Crippen molar-refractivity contribution in [3.05, 3.63) is 75.5 Å². The predicted octanol–water partition coefficient (Wildman–Crippen LogP) is 5.63. The topological polar surface area (TPSA) is 46.5 Å². The number of carbonyl (C=O) groups is 1. The van der Waals surface area contributed by atoms with Crippen LogP contribution in [0.5, 0.6) is 5.75 Å². The molecule has 0 atom stereocenters. The van der Waals surface area contributed by atoms with Crippen LogP contribution in [-0.4, -0.2) is 11.1 Å². The van der Waals surface area contributed by atoms with Crippen LogP contribution in [0.25, 0.3) is 11.1 Å². The second-order valence-corrected chi connectivity index (χ2v) is 7.60. The van der Waals surface area contributed by atoms with Gasteiger partial charge in [-0.15, -0.1) is 11.3 Å². The zero-order chi connectivity index (χ0) is 18.5. The van der Waals surface area contributed by atoms with Crippen LogP contribution in [0.4, 0.5) is 0 Å². The first-order valence-corrected chi connectivity index (χ1v) is 9.43. The van der Waals surface area contributed by atoms with Crippen LogP contribution >= 0.6 is 11.3 Å². The van der Waals surface area contributed by atoms with E-state index in [0.717, 1.165) is 21.1 Å². The number of carboxylic acid groups (broad SMARTS) is 1. The van der Waals surface area contributed by atoms with Gasteiger partial charge in [-0.25, -0.2) is 0 Å². The van der Waals surface area contributed by atoms with Crippen molar-refractivity contribution < 1.29 is 14.6 Å². The van der Waals surface area contributed by atoms with Crippen molar-refractivity contribution in [3.8, 4) is 16.9 Å². The summed E-state index contributed by atoms with van der Waals surface area (Å²) < 4.78 is 5.97. The molecule has 3 aromatic rings. The lowest BCUT2D eigenvalue weighted by Crippen LogP contribution is -1.95. The average Bonchev–Trinajstić information content (AvgIpc) is 3.06. The number of rotatable bonds is 7. The second-order valence-electron chi connectivity index (χ2n) is 6.35. The molecule has 0 aliphatic carbocycles. The molecule has 0 bridgehead atoms. The summed E-state index contributed by atoms with van der Waals surface area (Å²) in [4.78, 5) is 12.8. The van der Waals surface area contributed by atoms with Crippen molar-refractivity contribution in [1.29, 1.82) is 0 Å². The third kappa shape index (κ3) is 4.52. The highest BCUT2D eigenvalue weighted by molar-refractivity contribution is 7.11. The van der Waals surface area contributed by atoms with E-state index >= 15 is 0 Å². The zero-order valence-corrected chi connectivity index (χ0v) is 15.8. The highest BCUT2D eigenvalue weighted by Gasteiger charge is 2.08. The van der Waals surface area contributed by atoms with Crippen molar-refractivity contribution in [2.24, 2.45) is 0 Å². The second kappa shape index (κ2) is 8.19. The molecule has 0 amide bonds. The molecule has 0 spiro atoms. The van der Waals surface area contributed by atoms with E-state index < -0.39 is 5.97 Å². The minimum atomic E-state index is -0.764. The zero-order valence-electron chi connectivity index (χ0n) is 15.0. The maximum Gasteiger partial charge on any atom is 0.303 e. The number of aryl methyl sites for hydroxylation is 3. The Bertz CT molecular complexity index is 891. The van der Waals surface area contributed by atoms with E-state index in [0.29, 0.717) is 13.0 Å². The van der Waals surface area contributed by atoms with Gasteiger partial charge in [-0.2, -0.15) is 0 Å². The van der Waals surface area contributed by atoms with E-state index in [1.54, 1.807) is 11.3 Å². The average molecular weight is 366 g/mol. The normalized spacial score (nSPS) is 10.7. The maximum absolute atomic E-state index is 10.7. The van der Waals surface area contributed by atoms with Gasteiger partial charge in [0.1, 0.15) is 12.4 Å². The molecule has 4 heteroatoms. The molecule has 1 heterocycles. The van der Waals surface area contributed by atoms with Gasteiger partial charge in [0, 0.05) is 9.75 Å². The van der Waals surface area contributed by atoms with E-state index in [-0.39, 0.29) is 6.42 Å². The number of hydrogen-bond donors (Lipinski definition) is 1. The molecule has 0 saturated carbocycles. The smallest absolute Gasteiger partial charge is 0.303 e. The van der Waals surface area contributed by atoms with Crippen molar-refractivity contribution >= 4 is 17.3 Å². The van der Waals surface area contributed by atoms with Crippen molar-refractivity contribution in [3.63, 3.8) is 0 Å². The number of carboxylic acids is 1. The van der Waals surface area contributed by atoms with Crippen LogP contribution < -0.4 is 4.74 Å². The molecule has 0 aliphatic heterocycles. The first-order chi connectivity index (χ1) is 12.5. The van der Waals surface area contributed by atoms with Gasteiger partial charge in [0.25, 0.3) is 0 Å². The molecule has 1 aromatic heterocycles. The molecule has 0 unspecified atom stereocenters. The third-order valence-corrected chi connectivity index (χ3v) is 5.41. The molecule has 26 heavy (non-hydrogen) atoms. The standard InChI is InChI=1S/C22H22O3S/c1-15-5-3-6-16(2)22(15)17-7-4-8-18(13-17)25-14-20-10-9-19(26-20)11-12-21(23)24/h3-10,13H,11-12,14H2,1-2H3,(H,23,24). The van der Waals surface area contributed by atoms with Crippen LogP contribution in [0.1, 0.15) is 27.3 Å². The summed E-state index contributed by atoms with van der Waals surface area (Å²) in [6.07, 6.45) is 0.737. The van der Waals surface area contributed by atoms with Crippen LogP contribution in [0, 0.1) is 13.8 Å². The molecule has 0 aliphatic rings. The molecule has 2 aromatic carbocycles. The molecule has 134 valence electrons. The lowest BCUT2D eigenvalue weighted by atomic mass is 9.96. The summed E-state index contributed by atoms with van der Waals surface area (Å²) in [6.45, 7) is 4.74. The fourth-order valence-electron chi connectivity index (χ4n) is 3.03. The molecule has 0 saturated heterocycles. The molecule has 1 N–H and O–H groups in total. The third-order valence-electron chi connectivity index (χ3n) is 4.29. The predicted molar refractivity (Wildman–Crippen MR) is 106 cm³/mol. The summed E-state index contributed by atoms with van der Waals surface area (Å²) in [7, 11) is 0. The molecule has 3 rings (SSSR count). The Morgan fingerprint density at radius 2 is 1.69 bits per heavy atom. The Hall–Kier alpha value is -2.59. The van der Waals surface area contributed by atoms with Crippen molar-refractivity contribution in [2.45, 2.75) is 33.3 Å². The number of thiophene rings is 1. The largest absolute Gasteiger partial charge is 0.488 e. The Morgan fingerprint density at radius 3 is 2.42 bits per heavy atom. The van der Waals surface area contributed by atoms with Crippen LogP contribution in [0.3, 0.4) is 0 Å². The van der Waals surface area contributed by atoms with Crippen molar-refractivity contribution in [2.75, 3.05) is 0 Å². The Labute approximate surface area is 157 Å². The molecular weight excluding hydrogens is 344 g/mol. The first-order valence-electron chi connectivity index (χ1n) is 8.62. The fourth-order valence-corrected chi connectivity index (χ4v) is 3.96. The molecule has 3 nitrogen and oxygen atoms in total. The summed E-state index contributed by atoms with van der Waals surface area (Å²) in [5, 5.41) is 8.77. The highest BCUT2D eigenvalue weighted by Crippen LogP contribution is 2.30. The van der Waals surface area contributed by atoms with Crippen molar-refractivity contribution in [1.82, 2.24) is 0 Å². The van der Waals surface area contributed by atoms with Gasteiger partial charge in [0.15, 0.2) is 0 Å². The van der Waals surface area contributed by atoms with E-state index in [1.807, 2.05) is 24.3 Å². The van der Waals surface area contributed by atoms with E-state index in [2.05, 4.69) is 44.2 Å². The minimum absolute atomic E-state index is 0.165. The Kier molecular flexibility index (Phi) is 5.74. The minimum Gasteiger partial charge on any atom is -0.488 e. The van der Waals surface area contributed by atoms with Gasteiger partial charge in [0.2, 0.25) is 0 Å². The lowest BCUT2D eigenvalue weighted by Gasteiger charge is -2.12. The fraction of sp³-hybridized carbons (Fsp3) is 0.227. The van der Waals surface area contributed by atoms with E-state index in [9.17, 15) is 4.79 Å². The van der Waals surface area contributed by atoms with Gasteiger partial charge in [-0.1, -0.05) is 30.3 Å². The quantitative estimate of drug-likeness (QED) is 0.589. The van der Waals surface area contributed by atoms with Gasteiger partial charge >= 0.3 is 5.97 Å². The van der Waals surface area contributed by atoms with Gasteiger partial charge in [0.05, 0.1) is 6.42 Å². The van der Waals surface area contributed by atoms with Crippen LogP contribution in [0.15, 0.2) is 54.6 Å². The molecule has 0 fully saturated rings. The van der Waals surface area contributed by atoms with Crippen LogP contribution in [0.2, 0.25) is 0 Å². The number of aliphatic carboxylic acids is 1. The number of hydrogen-bond acceptors (Lipinski definition) is 3. The lowest BCUT2D eigenvalue weighted by molar-refractivity contribution is -0.136. The highest BCUT2D eigenvalue weighted by atomic mass is 32.1. The summed E-state index contributed by atoms with van der Waals surface area (Å²) >= 11 is 1.61. The summed E-state index contributed by atoms with van der Waals surface area (Å²) in [6, 6.07) is 18.5. The number of ether oxygens (including phenoxy) is 1. The monoisotopic (exact) mass is 366 g/mol. The SMILES string of the molecule is Cc1cccc(C)c1-c1cccc(OCc2ccc(CCC(=O)O)s2)c1. The summed E-state index contributed by atoms with van der Waals surface area (Å²) in [5.41, 5.74) is 4.92.